The number of hydrogen-bond acceptors (Lipinski definition) is 3. The van der Waals surface area contributed by atoms with Gasteiger partial charge in [-0.3, -0.25) is 9.48 Å². The molecule has 0 radical (unpaired) electrons. The van der Waals surface area contributed by atoms with Gasteiger partial charge in [-0.15, -0.1) is 0 Å². The zero-order valence-corrected chi connectivity index (χ0v) is 13.9. The summed E-state index contributed by atoms with van der Waals surface area (Å²) in [6.07, 6.45) is 6.06. The smallest absolute Gasteiger partial charge is 0.387 e. The molecule has 1 saturated carbocycles. The van der Waals surface area contributed by atoms with Crippen molar-refractivity contribution in [2.75, 3.05) is 11.4 Å². The van der Waals surface area contributed by atoms with E-state index >= 15 is 0 Å². The minimum Gasteiger partial charge on any atom is -0.433 e. The zero-order valence-electron chi connectivity index (χ0n) is 13.9. The molecule has 0 spiro atoms. The van der Waals surface area contributed by atoms with E-state index in [9.17, 15) is 13.6 Å². The number of aryl methyl sites for hydroxylation is 2. The minimum absolute atomic E-state index is 0.0138. The molecule has 2 heterocycles. The van der Waals surface area contributed by atoms with Crippen LogP contribution < -0.4 is 9.64 Å². The summed E-state index contributed by atoms with van der Waals surface area (Å²) < 4.78 is 31.9. The summed E-state index contributed by atoms with van der Waals surface area (Å²) in [5.74, 6) is 0.115. The van der Waals surface area contributed by atoms with Crippen molar-refractivity contribution in [3.05, 3.63) is 41.7 Å². The molecule has 1 amide bonds. The molecular formula is C18H19F2N3O2. The molecule has 0 saturated heterocycles. The molecule has 0 N–H and O–H groups in total. The van der Waals surface area contributed by atoms with Gasteiger partial charge in [-0.1, -0.05) is 12.1 Å². The SMILES string of the molecule is Cn1cc([C@@H]2C[C@@H]2C(=O)N2CCCc3cccc(OC(F)F)c32)cn1. The predicted molar refractivity (Wildman–Crippen MR) is 87.8 cm³/mol. The number of para-hydroxylation sites is 1. The third-order valence-electron chi connectivity index (χ3n) is 4.92. The van der Waals surface area contributed by atoms with Crippen molar-refractivity contribution in [3.8, 4) is 5.75 Å². The molecule has 7 heteroatoms. The molecule has 1 aromatic carbocycles. The number of fused-ring (bicyclic) bond motifs is 1. The van der Waals surface area contributed by atoms with Gasteiger partial charge in [0.1, 0.15) is 5.75 Å². The van der Waals surface area contributed by atoms with Crippen molar-refractivity contribution in [1.82, 2.24) is 9.78 Å². The fourth-order valence-electron chi connectivity index (χ4n) is 3.69. The minimum atomic E-state index is -2.91. The first-order valence-electron chi connectivity index (χ1n) is 8.41. The van der Waals surface area contributed by atoms with Crippen molar-refractivity contribution >= 4 is 11.6 Å². The van der Waals surface area contributed by atoms with E-state index in [4.69, 9.17) is 0 Å². The van der Waals surface area contributed by atoms with Crippen LogP contribution in [0.15, 0.2) is 30.6 Å². The highest BCUT2D eigenvalue weighted by Crippen LogP contribution is 2.50. The van der Waals surface area contributed by atoms with Gasteiger partial charge in [-0.05, 0) is 42.4 Å². The van der Waals surface area contributed by atoms with E-state index in [0.29, 0.717) is 12.2 Å². The van der Waals surface area contributed by atoms with Crippen LogP contribution in [0.1, 0.15) is 29.9 Å². The first-order valence-corrected chi connectivity index (χ1v) is 8.41. The second-order valence-electron chi connectivity index (χ2n) is 6.63. The van der Waals surface area contributed by atoms with Gasteiger partial charge in [0.05, 0.1) is 11.9 Å². The molecule has 1 aromatic heterocycles. The fraction of sp³-hybridized carbons (Fsp3) is 0.444. The van der Waals surface area contributed by atoms with Crippen molar-refractivity contribution in [2.45, 2.75) is 31.8 Å². The molecule has 4 rings (SSSR count). The van der Waals surface area contributed by atoms with Gasteiger partial charge < -0.3 is 9.64 Å². The number of rotatable bonds is 4. The Kier molecular flexibility index (Phi) is 3.94. The number of carbonyl (C=O) groups is 1. The number of benzene rings is 1. The number of nitrogens with zero attached hydrogens (tertiary/aromatic N) is 3. The average Bonchev–Trinajstić information content (AvgIpc) is 3.27. The third-order valence-corrected chi connectivity index (χ3v) is 4.92. The second kappa shape index (κ2) is 6.13. The lowest BCUT2D eigenvalue weighted by Crippen LogP contribution is -2.37. The number of carbonyl (C=O) groups excluding carboxylic acids is 1. The van der Waals surface area contributed by atoms with Crippen molar-refractivity contribution in [1.29, 1.82) is 0 Å². The molecule has 0 unspecified atom stereocenters. The summed E-state index contributed by atoms with van der Waals surface area (Å²) >= 11 is 0. The molecule has 1 aliphatic heterocycles. The van der Waals surface area contributed by atoms with E-state index in [1.807, 2.05) is 19.3 Å². The van der Waals surface area contributed by atoms with E-state index in [1.54, 1.807) is 21.8 Å². The van der Waals surface area contributed by atoms with E-state index in [1.165, 1.54) is 6.07 Å². The van der Waals surface area contributed by atoms with Crippen LogP contribution in [0.25, 0.3) is 0 Å². The zero-order chi connectivity index (χ0) is 17.6. The van der Waals surface area contributed by atoms with Crippen LogP contribution in [-0.2, 0) is 18.3 Å². The average molecular weight is 347 g/mol. The molecule has 1 aliphatic carbocycles. The topological polar surface area (TPSA) is 47.4 Å². The highest BCUT2D eigenvalue weighted by molar-refractivity contribution is 5.99. The fourth-order valence-corrected chi connectivity index (χ4v) is 3.69. The van der Waals surface area contributed by atoms with Crippen molar-refractivity contribution in [3.63, 3.8) is 0 Å². The summed E-state index contributed by atoms with van der Waals surface area (Å²) in [5, 5.41) is 4.16. The molecule has 25 heavy (non-hydrogen) atoms. The van der Waals surface area contributed by atoms with Crippen LogP contribution in [0.5, 0.6) is 5.75 Å². The number of alkyl halides is 2. The second-order valence-corrected chi connectivity index (χ2v) is 6.63. The first kappa shape index (κ1) is 16.1. The lowest BCUT2D eigenvalue weighted by Gasteiger charge is -2.31. The quantitative estimate of drug-likeness (QED) is 0.854. The highest BCUT2D eigenvalue weighted by atomic mass is 19.3. The van der Waals surface area contributed by atoms with Crippen LogP contribution in [0.3, 0.4) is 0 Å². The van der Waals surface area contributed by atoms with Gasteiger partial charge in [-0.2, -0.15) is 13.9 Å². The number of ether oxygens (including phenoxy) is 1. The standard InChI is InChI=1S/C18H19F2N3O2/c1-22-10-12(9-21-22)13-8-14(13)17(24)23-7-3-5-11-4-2-6-15(16(11)23)25-18(19)20/h2,4,6,9-10,13-14,18H,3,5,7-8H2,1H3/t13-,14-/m0/s1. The maximum absolute atomic E-state index is 13.0. The van der Waals surface area contributed by atoms with Crippen molar-refractivity contribution < 1.29 is 18.3 Å². The molecular weight excluding hydrogens is 328 g/mol. The highest BCUT2D eigenvalue weighted by Gasteiger charge is 2.47. The maximum Gasteiger partial charge on any atom is 0.387 e. The Hall–Kier alpha value is -2.44. The number of anilines is 1. The third kappa shape index (κ3) is 2.99. The predicted octanol–water partition coefficient (Wildman–Crippen LogP) is 3.10. The van der Waals surface area contributed by atoms with E-state index < -0.39 is 6.61 Å². The van der Waals surface area contributed by atoms with Gasteiger partial charge in [-0.25, -0.2) is 0 Å². The summed E-state index contributed by atoms with van der Waals surface area (Å²) in [4.78, 5) is 14.6. The number of halogens is 2. The summed E-state index contributed by atoms with van der Waals surface area (Å²) in [6.45, 7) is -2.37. The van der Waals surface area contributed by atoms with Crippen LogP contribution in [0.2, 0.25) is 0 Å². The normalized spacial score (nSPS) is 22.0. The van der Waals surface area contributed by atoms with Crippen molar-refractivity contribution in [2.24, 2.45) is 13.0 Å². The number of aromatic nitrogens is 2. The summed E-state index contributed by atoms with van der Waals surface area (Å²) in [7, 11) is 1.84. The van der Waals surface area contributed by atoms with Gasteiger partial charge in [0, 0.05) is 25.7 Å². The lowest BCUT2D eigenvalue weighted by atomic mass is 10.00. The summed E-state index contributed by atoms with van der Waals surface area (Å²) in [5.41, 5.74) is 2.45. The molecule has 2 atom stereocenters. The van der Waals surface area contributed by atoms with E-state index in [0.717, 1.165) is 30.4 Å². The Bertz CT molecular complexity index is 805. The molecule has 1 fully saturated rings. The molecule has 132 valence electrons. The Balaban J connectivity index is 1.59. The van der Waals surface area contributed by atoms with Crippen LogP contribution in [-0.4, -0.2) is 28.8 Å². The van der Waals surface area contributed by atoms with E-state index in [-0.39, 0.29) is 23.5 Å². The molecule has 2 aliphatic rings. The number of amides is 1. The molecule has 2 aromatic rings. The van der Waals surface area contributed by atoms with Gasteiger partial charge in [0.15, 0.2) is 0 Å². The Morgan fingerprint density at radius 1 is 1.40 bits per heavy atom. The Labute approximate surface area is 144 Å². The van der Waals surface area contributed by atoms with Crippen LogP contribution >= 0.6 is 0 Å². The maximum atomic E-state index is 13.0. The lowest BCUT2D eigenvalue weighted by molar-refractivity contribution is -0.120. The Morgan fingerprint density at radius 3 is 2.96 bits per heavy atom. The van der Waals surface area contributed by atoms with Gasteiger partial charge >= 0.3 is 6.61 Å². The van der Waals surface area contributed by atoms with Crippen LogP contribution in [0.4, 0.5) is 14.5 Å². The number of hydrogen-bond donors (Lipinski definition) is 0. The first-order chi connectivity index (χ1) is 12.0. The van der Waals surface area contributed by atoms with Gasteiger partial charge in [0.2, 0.25) is 5.91 Å². The van der Waals surface area contributed by atoms with E-state index in [2.05, 4.69) is 9.84 Å². The monoisotopic (exact) mass is 347 g/mol. The molecule has 5 nitrogen and oxygen atoms in total. The largest absolute Gasteiger partial charge is 0.433 e. The summed E-state index contributed by atoms with van der Waals surface area (Å²) in [6, 6.07) is 5.07. The van der Waals surface area contributed by atoms with Gasteiger partial charge in [0.25, 0.3) is 0 Å². The molecule has 0 bridgehead atoms. The van der Waals surface area contributed by atoms with Crippen LogP contribution in [0, 0.1) is 5.92 Å². The Morgan fingerprint density at radius 2 is 2.24 bits per heavy atom.